The molecule has 100 valence electrons. The highest BCUT2D eigenvalue weighted by Gasteiger charge is 2.45. The van der Waals surface area contributed by atoms with Gasteiger partial charge in [0.15, 0.2) is 0 Å². The molecule has 1 atom stereocenters. The highest BCUT2D eigenvalue weighted by atomic mass is 16.5. The van der Waals surface area contributed by atoms with Crippen molar-refractivity contribution in [1.29, 1.82) is 0 Å². The van der Waals surface area contributed by atoms with E-state index in [-0.39, 0.29) is 0 Å². The molecule has 0 heterocycles. The van der Waals surface area contributed by atoms with Gasteiger partial charge in [0.25, 0.3) is 0 Å². The number of hydrogen-bond donors (Lipinski definition) is 3. The van der Waals surface area contributed by atoms with Gasteiger partial charge in [0.05, 0.1) is 0 Å². The predicted molar refractivity (Wildman–Crippen MR) is 70.6 cm³/mol. The van der Waals surface area contributed by atoms with Crippen LogP contribution in [-0.4, -0.2) is 32.3 Å². The van der Waals surface area contributed by atoms with Crippen LogP contribution in [0.25, 0.3) is 0 Å². The molecule has 0 aromatic carbocycles. The second kappa shape index (κ2) is 6.81. The number of nitrogens with zero attached hydrogens (tertiary/aromatic N) is 1. The van der Waals surface area contributed by atoms with Crippen LogP contribution in [0.4, 0.5) is 0 Å². The third kappa shape index (κ3) is 5.37. The summed E-state index contributed by atoms with van der Waals surface area (Å²) in [6.45, 7) is 9.78. The number of nitrogens with two attached hydrogens (primary N) is 1. The Bertz CT molecular complexity index is 253. The second-order valence-electron chi connectivity index (χ2n) is 5.20. The summed E-state index contributed by atoms with van der Waals surface area (Å²) >= 11 is 0. The maximum atomic E-state index is 5.41. The number of nitrogens with one attached hydrogen (secondary N) is 2. The predicted octanol–water partition coefficient (Wildman–Crippen LogP) is 0.868. The van der Waals surface area contributed by atoms with Crippen molar-refractivity contribution >= 4 is 5.96 Å². The fraction of sp³-hybridized carbons (Fsp3) is 0.917. The minimum Gasteiger partial charge on any atom is -0.382 e. The molecule has 0 aliphatic heterocycles. The average molecular weight is 242 g/mol. The maximum Gasteiger partial charge on any atom is 0.205 e. The Balaban J connectivity index is 2.12. The van der Waals surface area contributed by atoms with Crippen molar-refractivity contribution in [3.8, 4) is 0 Å². The Hall–Kier alpha value is -0.810. The zero-order valence-corrected chi connectivity index (χ0v) is 11.3. The molecule has 0 bridgehead atoms. The molecule has 1 aliphatic carbocycles. The lowest BCUT2D eigenvalue weighted by atomic mass is 10.1. The number of rotatable bonds is 7. The van der Waals surface area contributed by atoms with Crippen LogP contribution >= 0.6 is 0 Å². The highest BCUT2D eigenvalue weighted by molar-refractivity contribution is 5.79. The van der Waals surface area contributed by atoms with Crippen molar-refractivity contribution in [2.75, 3.05) is 26.3 Å². The molecule has 5 nitrogen and oxygen atoms in total. The van der Waals surface area contributed by atoms with Crippen LogP contribution in [-0.2, 0) is 4.74 Å². The summed E-state index contributed by atoms with van der Waals surface area (Å²) in [5.41, 5.74) is 3.07. The molecule has 1 fully saturated rings. The van der Waals surface area contributed by atoms with Crippen LogP contribution in [0.2, 0.25) is 0 Å². The van der Waals surface area contributed by atoms with Crippen molar-refractivity contribution in [1.82, 2.24) is 10.7 Å². The molecular weight excluding hydrogens is 216 g/mol. The first-order valence-corrected chi connectivity index (χ1v) is 6.43. The number of ether oxygens (including phenoxy) is 1. The molecule has 1 aliphatic rings. The lowest BCUT2D eigenvalue weighted by molar-refractivity contribution is 0.145. The second-order valence-corrected chi connectivity index (χ2v) is 5.20. The van der Waals surface area contributed by atoms with Gasteiger partial charge in [-0.05, 0) is 31.1 Å². The van der Waals surface area contributed by atoms with E-state index in [0.717, 1.165) is 32.7 Å². The van der Waals surface area contributed by atoms with E-state index in [1.807, 2.05) is 6.92 Å². The molecular formula is C12H26N4O. The van der Waals surface area contributed by atoms with Crippen molar-refractivity contribution in [3.05, 3.63) is 0 Å². The molecule has 1 unspecified atom stereocenters. The molecule has 5 heteroatoms. The van der Waals surface area contributed by atoms with Crippen LogP contribution in [0.5, 0.6) is 0 Å². The van der Waals surface area contributed by atoms with Crippen LogP contribution in [0.3, 0.4) is 0 Å². The molecule has 0 radical (unpaired) electrons. The molecule has 1 saturated carbocycles. The first-order valence-electron chi connectivity index (χ1n) is 6.43. The minimum atomic E-state index is 0.470. The summed E-state index contributed by atoms with van der Waals surface area (Å²) in [5, 5.41) is 3.17. The Morgan fingerprint density at radius 3 is 2.76 bits per heavy atom. The topological polar surface area (TPSA) is 71.7 Å². The molecule has 0 spiro atoms. The smallest absolute Gasteiger partial charge is 0.205 e. The van der Waals surface area contributed by atoms with Gasteiger partial charge in [0.2, 0.25) is 5.96 Å². The number of aliphatic imine (C=N–C) groups is 1. The fourth-order valence-corrected chi connectivity index (χ4v) is 1.77. The van der Waals surface area contributed by atoms with Crippen LogP contribution < -0.4 is 16.6 Å². The van der Waals surface area contributed by atoms with Gasteiger partial charge in [-0.2, -0.15) is 0 Å². The highest BCUT2D eigenvalue weighted by Crippen LogP contribution is 2.51. The van der Waals surface area contributed by atoms with Gasteiger partial charge in [-0.3, -0.25) is 10.4 Å². The first kappa shape index (κ1) is 14.3. The van der Waals surface area contributed by atoms with Crippen molar-refractivity contribution in [3.63, 3.8) is 0 Å². The Morgan fingerprint density at radius 2 is 2.24 bits per heavy atom. The van der Waals surface area contributed by atoms with Gasteiger partial charge in [0.1, 0.15) is 0 Å². The van der Waals surface area contributed by atoms with Gasteiger partial charge < -0.3 is 10.1 Å². The van der Waals surface area contributed by atoms with E-state index < -0.39 is 0 Å². The minimum absolute atomic E-state index is 0.470. The van der Waals surface area contributed by atoms with Gasteiger partial charge in [0, 0.05) is 26.3 Å². The van der Waals surface area contributed by atoms with E-state index >= 15 is 0 Å². The van der Waals surface area contributed by atoms with E-state index in [9.17, 15) is 0 Å². The van der Waals surface area contributed by atoms with Crippen LogP contribution in [0.15, 0.2) is 4.99 Å². The van der Waals surface area contributed by atoms with Gasteiger partial charge >= 0.3 is 0 Å². The summed E-state index contributed by atoms with van der Waals surface area (Å²) in [7, 11) is 0. The Kier molecular flexibility index (Phi) is 5.71. The summed E-state index contributed by atoms with van der Waals surface area (Å²) < 4.78 is 5.25. The molecule has 0 aromatic heterocycles. The Morgan fingerprint density at radius 1 is 1.53 bits per heavy atom. The zero-order chi connectivity index (χ0) is 12.7. The molecule has 0 amide bonds. The lowest BCUT2D eigenvalue weighted by Crippen LogP contribution is -2.42. The van der Waals surface area contributed by atoms with Gasteiger partial charge in [-0.15, -0.1) is 0 Å². The van der Waals surface area contributed by atoms with Gasteiger partial charge in [-0.1, -0.05) is 13.8 Å². The number of hydrogen-bond acceptors (Lipinski definition) is 3. The van der Waals surface area contributed by atoms with E-state index in [4.69, 9.17) is 10.6 Å². The number of guanidine groups is 1. The van der Waals surface area contributed by atoms with Crippen molar-refractivity contribution < 1.29 is 4.74 Å². The largest absolute Gasteiger partial charge is 0.382 e. The summed E-state index contributed by atoms with van der Waals surface area (Å²) in [6, 6.07) is 0. The molecule has 0 aromatic rings. The number of hydrazine groups is 1. The zero-order valence-electron chi connectivity index (χ0n) is 11.3. The first-order chi connectivity index (χ1) is 8.10. The third-order valence-electron chi connectivity index (χ3n) is 3.29. The summed E-state index contributed by atoms with van der Waals surface area (Å²) in [4.78, 5) is 4.45. The molecule has 17 heavy (non-hydrogen) atoms. The SMILES string of the molecule is CCOCCCNC(=NCC1CC1(C)C)NN. The van der Waals surface area contributed by atoms with E-state index in [2.05, 4.69) is 29.6 Å². The quantitative estimate of drug-likeness (QED) is 0.204. The fourth-order valence-electron chi connectivity index (χ4n) is 1.77. The van der Waals surface area contributed by atoms with E-state index in [1.165, 1.54) is 6.42 Å². The molecule has 1 rings (SSSR count). The van der Waals surface area contributed by atoms with E-state index in [0.29, 0.717) is 17.3 Å². The molecule has 4 N–H and O–H groups in total. The Labute approximate surface area is 104 Å². The lowest BCUT2D eigenvalue weighted by Gasteiger charge is -2.09. The third-order valence-corrected chi connectivity index (χ3v) is 3.29. The molecule has 0 saturated heterocycles. The van der Waals surface area contributed by atoms with Crippen LogP contribution in [0.1, 0.15) is 33.6 Å². The van der Waals surface area contributed by atoms with Crippen LogP contribution in [0, 0.1) is 11.3 Å². The average Bonchev–Trinajstić information content (AvgIpc) is 2.90. The van der Waals surface area contributed by atoms with Crippen molar-refractivity contribution in [2.45, 2.75) is 33.6 Å². The van der Waals surface area contributed by atoms with Gasteiger partial charge in [-0.25, -0.2) is 5.84 Å². The monoisotopic (exact) mass is 242 g/mol. The standard InChI is InChI=1S/C12H26N4O/c1-4-17-7-5-6-14-11(16-13)15-9-10-8-12(10,2)3/h10H,4-9,13H2,1-3H3,(H2,14,15,16). The maximum absolute atomic E-state index is 5.41. The normalized spacial score (nSPS) is 22.4. The summed E-state index contributed by atoms with van der Waals surface area (Å²) in [6.07, 6.45) is 2.22. The van der Waals surface area contributed by atoms with E-state index in [1.54, 1.807) is 0 Å². The van der Waals surface area contributed by atoms with Crippen molar-refractivity contribution in [2.24, 2.45) is 22.2 Å². The summed E-state index contributed by atoms with van der Waals surface area (Å²) in [5.74, 6) is 6.80.